The molecule has 0 unspecified atom stereocenters. The number of nitro groups is 1. The summed E-state index contributed by atoms with van der Waals surface area (Å²) in [7, 11) is 2.52. The van der Waals surface area contributed by atoms with Gasteiger partial charge in [-0.25, -0.2) is 4.79 Å². The first-order valence-electron chi connectivity index (χ1n) is 8.73. The van der Waals surface area contributed by atoms with Crippen molar-refractivity contribution in [1.82, 2.24) is 4.57 Å². The largest absolute Gasteiger partial charge is 0.493 e. The summed E-state index contributed by atoms with van der Waals surface area (Å²) in [4.78, 5) is 35.3. The number of halogens is 3. The van der Waals surface area contributed by atoms with Crippen molar-refractivity contribution in [1.29, 1.82) is 0 Å². The van der Waals surface area contributed by atoms with Crippen LogP contribution >= 0.6 is 0 Å². The maximum absolute atomic E-state index is 12.7. The fourth-order valence-corrected chi connectivity index (χ4v) is 2.98. The van der Waals surface area contributed by atoms with Gasteiger partial charge in [0.25, 0.3) is 5.69 Å². The third kappa shape index (κ3) is 5.32. The topological polar surface area (TPSA) is 110 Å². The summed E-state index contributed by atoms with van der Waals surface area (Å²) < 4.78 is 54.0. The fraction of sp³-hybridized carbons (Fsp3) is 0.368. The summed E-state index contributed by atoms with van der Waals surface area (Å²) in [5.41, 5.74) is -0.874. The van der Waals surface area contributed by atoms with Crippen LogP contribution in [0.5, 0.6) is 11.5 Å². The van der Waals surface area contributed by atoms with Crippen LogP contribution in [-0.2, 0) is 11.3 Å². The van der Waals surface area contributed by atoms with Gasteiger partial charge in [-0.1, -0.05) is 0 Å². The number of carbonyl (C=O) groups excluding carboxylic acids is 2. The molecule has 0 spiro atoms. The minimum atomic E-state index is -4.48. The lowest BCUT2D eigenvalue weighted by Gasteiger charge is -2.12. The van der Waals surface area contributed by atoms with Crippen molar-refractivity contribution in [3.8, 4) is 11.5 Å². The number of esters is 1. The van der Waals surface area contributed by atoms with E-state index in [0.717, 1.165) is 16.7 Å². The number of ketones is 1. The molecule has 168 valence electrons. The highest BCUT2D eigenvalue weighted by Gasteiger charge is 2.31. The first-order chi connectivity index (χ1) is 14.4. The van der Waals surface area contributed by atoms with E-state index < -0.39 is 47.3 Å². The Morgan fingerprint density at radius 1 is 1.06 bits per heavy atom. The van der Waals surface area contributed by atoms with Gasteiger partial charge in [-0.3, -0.25) is 14.9 Å². The Balaban J connectivity index is 2.24. The second-order valence-corrected chi connectivity index (χ2v) is 6.47. The number of carbonyl (C=O) groups is 2. The standard InChI is InChI=1S/C19H19F3N2O7/c1-10-5-12(11(2)23(10)9-19(20,21)22)15(25)8-31-18(26)13-6-16(29-3)17(30-4)7-14(13)24(27)28/h5-7H,8-9H2,1-4H3. The van der Waals surface area contributed by atoms with Gasteiger partial charge >= 0.3 is 12.1 Å². The van der Waals surface area contributed by atoms with Crippen LogP contribution in [0.25, 0.3) is 0 Å². The van der Waals surface area contributed by atoms with E-state index in [9.17, 15) is 32.9 Å². The molecule has 2 aromatic rings. The van der Waals surface area contributed by atoms with E-state index in [1.165, 1.54) is 34.1 Å². The van der Waals surface area contributed by atoms with Gasteiger partial charge in [0.2, 0.25) is 5.78 Å². The molecule has 0 aliphatic heterocycles. The number of hydrogen-bond donors (Lipinski definition) is 0. The van der Waals surface area contributed by atoms with Gasteiger partial charge in [0.15, 0.2) is 18.1 Å². The minimum absolute atomic E-state index is 0.0129. The Morgan fingerprint density at radius 3 is 2.16 bits per heavy atom. The van der Waals surface area contributed by atoms with Crippen molar-refractivity contribution in [3.05, 3.63) is 50.8 Å². The van der Waals surface area contributed by atoms with Gasteiger partial charge in [-0.05, 0) is 19.9 Å². The zero-order valence-corrected chi connectivity index (χ0v) is 17.0. The molecule has 0 saturated carbocycles. The molecule has 12 heteroatoms. The number of nitrogens with zero attached hydrogens (tertiary/aromatic N) is 2. The summed E-state index contributed by atoms with van der Waals surface area (Å²) in [5, 5.41) is 11.3. The molecule has 0 aliphatic rings. The minimum Gasteiger partial charge on any atom is -0.493 e. The van der Waals surface area contributed by atoms with Gasteiger partial charge < -0.3 is 18.8 Å². The summed E-state index contributed by atoms with van der Waals surface area (Å²) in [6.07, 6.45) is -4.48. The molecule has 0 bridgehead atoms. The molecule has 31 heavy (non-hydrogen) atoms. The second kappa shape index (κ2) is 9.06. The summed E-state index contributed by atoms with van der Waals surface area (Å²) in [6.45, 7) is 0.664. The highest BCUT2D eigenvalue weighted by atomic mass is 19.4. The second-order valence-electron chi connectivity index (χ2n) is 6.47. The van der Waals surface area contributed by atoms with E-state index in [1.54, 1.807) is 0 Å². The highest BCUT2D eigenvalue weighted by Crippen LogP contribution is 2.35. The van der Waals surface area contributed by atoms with E-state index in [-0.39, 0.29) is 28.5 Å². The van der Waals surface area contributed by atoms with E-state index >= 15 is 0 Å². The van der Waals surface area contributed by atoms with Crippen LogP contribution in [0.3, 0.4) is 0 Å². The van der Waals surface area contributed by atoms with Gasteiger partial charge in [-0.15, -0.1) is 0 Å². The zero-order valence-electron chi connectivity index (χ0n) is 17.0. The van der Waals surface area contributed by atoms with Crippen LogP contribution in [0, 0.1) is 24.0 Å². The summed E-state index contributed by atoms with van der Waals surface area (Å²) in [5.74, 6) is -1.89. The lowest BCUT2D eigenvalue weighted by atomic mass is 10.1. The zero-order chi connectivity index (χ0) is 23.5. The van der Waals surface area contributed by atoms with Crippen LogP contribution in [0.2, 0.25) is 0 Å². The van der Waals surface area contributed by atoms with E-state index in [1.807, 2.05) is 0 Å². The maximum Gasteiger partial charge on any atom is 0.406 e. The SMILES string of the molecule is COc1cc(C(=O)OCC(=O)c2cc(C)n(CC(F)(F)F)c2C)c([N+](=O)[O-])cc1OC. The van der Waals surface area contributed by atoms with Crippen molar-refractivity contribution in [2.24, 2.45) is 0 Å². The van der Waals surface area contributed by atoms with Crippen molar-refractivity contribution in [3.63, 3.8) is 0 Å². The number of nitro benzene ring substituents is 1. The van der Waals surface area contributed by atoms with Crippen LogP contribution in [0.4, 0.5) is 18.9 Å². The molecule has 9 nitrogen and oxygen atoms in total. The number of rotatable bonds is 8. The number of Topliss-reactive ketones (excluding diaryl/α,β-unsaturated/α-hetero) is 1. The number of aromatic nitrogens is 1. The number of ether oxygens (including phenoxy) is 3. The lowest BCUT2D eigenvalue weighted by Crippen LogP contribution is -2.20. The normalized spacial score (nSPS) is 11.2. The molecule has 0 radical (unpaired) electrons. The third-order valence-electron chi connectivity index (χ3n) is 4.46. The molecule has 1 aromatic heterocycles. The van der Waals surface area contributed by atoms with Gasteiger partial charge in [-0.2, -0.15) is 13.2 Å². The maximum atomic E-state index is 12.7. The van der Waals surface area contributed by atoms with Crippen LogP contribution < -0.4 is 9.47 Å². The molecule has 0 amide bonds. The van der Waals surface area contributed by atoms with Crippen LogP contribution in [-0.4, -0.2) is 48.2 Å². The molecule has 0 fully saturated rings. The highest BCUT2D eigenvalue weighted by molar-refractivity contribution is 6.01. The fourth-order valence-electron chi connectivity index (χ4n) is 2.98. The predicted molar refractivity (Wildman–Crippen MR) is 101 cm³/mol. The first-order valence-corrected chi connectivity index (χ1v) is 8.73. The van der Waals surface area contributed by atoms with Crippen molar-refractivity contribution >= 4 is 17.4 Å². The number of hydrogen-bond acceptors (Lipinski definition) is 7. The Kier molecular flexibility index (Phi) is 6.93. The summed E-state index contributed by atoms with van der Waals surface area (Å²) >= 11 is 0. The molecule has 2 rings (SSSR count). The Labute approximate surface area is 174 Å². The average molecular weight is 444 g/mol. The molecule has 0 N–H and O–H groups in total. The van der Waals surface area contributed by atoms with Crippen molar-refractivity contribution < 1.29 is 41.9 Å². The Hall–Kier alpha value is -3.57. The predicted octanol–water partition coefficient (Wildman–Crippen LogP) is 3.63. The van der Waals surface area contributed by atoms with E-state index in [0.29, 0.717) is 0 Å². The Bertz CT molecular complexity index is 1030. The molecular weight excluding hydrogens is 425 g/mol. The lowest BCUT2D eigenvalue weighted by molar-refractivity contribution is -0.385. The average Bonchev–Trinajstić information content (AvgIpc) is 2.97. The molecule has 0 aliphatic carbocycles. The van der Waals surface area contributed by atoms with E-state index in [2.05, 4.69) is 0 Å². The van der Waals surface area contributed by atoms with Gasteiger partial charge in [0, 0.05) is 23.0 Å². The van der Waals surface area contributed by atoms with E-state index in [4.69, 9.17) is 14.2 Å². The molecule has 1 aromatic carbocycles. The molecular formula is C19H19F3N2O7. The molecule has 1 heterocycles. The number of aryl methyl sites for hydroxylation is 1. The quantitative estimate of drug-likeness (QED) is 0.265. The van der Waals surface area contributed by atoms with Gasteiger partial charge in [0.05, 0.1) is 25.2 Å². The molecule has 0 atom stereocenters. The van der Waals surface area contributed by atoms with Gasteiger partial charge in [0.1, 0.15) is 12.1 Å². The first kappa shape index (κ1) is 23.7. The smallest absolute Gasteiger partial charge is 0.406 e. The third-order valence-corrected chi connectivity index (χ3v) is 4.46. The number of alkyl halides is 3. The molecule has 0 saturated heterocycles. The number of benzene rings is 1. The number of methoxy groups -OCH3 is 2. The Morgan fingerprint density at radius 2 is 1.65 bits per heavy atom. The van der Waals surface area contributed by atoms with Crippen molar-refractivity contribution in [2.75, 3.05) is 20.8 Å². The monoisotopic (exact) mass is 444 g/mol. The van der Waals surface area contributed by atoms with Crippen molar-refractivity contribution in [2.45, 2.75) is 26.6 Å². The van der Waals surface area contributed by atoms with Crippen LogP contribution in [0.1, 0.15) is 32.1 Å². The van der Waals surface area contributed by atoms with Crippen LogP contribution in [0.15, 0.2) is 18.2 Å². The summed E-state index contributed by atoms with van der Waals surface area (Å²) in [6, 6.07) is 3.27.